The maximum atomic E-state index is 11.7. The van der Waals surface area contributed by atoms with Crippen molar-refractivity contribution in [2.24, 2.45) is 0 Å². The maximum Gasteiger partial charge on any atom is 0.235 e. The summed E-state index contributed by atoms with van der Waals surface area (Å²) in [7, 11) is 0. The zero-order chi connectivity index (χ0) is 10.5. The molecular formula is C11H21N3O. The summed E-state index contributed by atoms with van der Waals surface area (Å²) in [4.78, 5) is 11.7. The molecule has 0 aromatic heterocycles. The lowest BCUT2D eigenvalue weighted by atomic mass is 10.1. The fourth-order valence-electron chi connectivity index (χ4n) is 2.38. The van der Waals surface area contributed by atoms with Crippen molar-refractivity contribution in [1.82, 2.24) is 15.8 Å². The summed E-state index contributed by atoms with van der Waals surface area (Å²) in [5.74, 6) is 0.177. The van der Waals surface area contributed by atoms with E-state index in [4.69, 9.17) is 0 Å². The van der Waals surface area contributed by atoms with Gasteiger partial charge in [-0.15, -0.1) is 0 Å². The number of piperidine rings is 1. The molecule has 0 aliphatic carbocycles. The van der Waals surface area contributed by atoms with E-state index >= 15 is 0 Å². The molecule has 86 valence electrons. The van der Waals surface area contributed by atoms with Crippen LogP contribution in [0.25, 0.3) is 0 Å². The molecule has 1 amide bonds. The van der Waals surface area contributed by atoms with Gasteiger partial charge in [0.1, 0.15) is 0 Å². The lowest BCUT2D eigenvalue weighted by molar-refractivity contribution is -0.126. The van der Waals surface area contributed by atoms with Crippen molar-refractivity contribution < 1.29 is 4.79 Å². The van der Waals surface area contributed by atoms with Gasteiger partial charge in [0, 0.05) is 25.6 Å². The summed E-state index contributed by atoms with van der Waals surface area (Å²) >= 11 is 0. The highest BCUT2D eigenvalue weighted by Gasteiger charge is 2.19. The first kappa shape index (κ1) is 10.9. The van der Waals surface area contributed by atoms with Crippen LogP contribution in [0.15, 0.2) is 0 Å². The molecule has 0 aromatic carbocycles. The first-order chi connectivity index (χ1) is 7.34. The van der Waals surface area contributed by atoms with Gasteiger partial charge in [0.2, 0.25) is 5.91 Å². The van der Waals surface area contributed by atoms with Crippen molar-refractivity contribution >= 4 is 5.91 Å². The fourth-order valence-corrected chi connectivity index (χ4v) is 2.38. The number of hydrazine groups is 1. The standard InChI is InChI=1S/C11H21N3O/c15-11(9-10-5-4-6-12-10)13-14-7-2-1-3-8-14/h10,12H,1-9H2,(H,13,15). The minimum absolute atomic E-state index is 0.177. The van der Waals surface area contributed by atoms with E-state index < -0.39 is 0 Å². The van der Waals surface area contributed by atoms with E-state index in [0.29, 0.717) is 12.5 Å². The minimum atomic E-state index is 0.177. The lowest BCUT2D eigenvalue weighted by Gasteiger charge is -2.27. The Hall–Kier alpha value is -0.610. The molecule has 2 aliphatic rings. The second kappa shape index (κ2) is 5.47. The molecule has 0 aromatic rings. The van der Waals surface area contributed by atoms with Crippen molar-refractivity contribution in [3.8, 4) is 0 Å². The molecule has 2 heterocycles. The number of carbonyl (C=O) groups excluding carboxylic acids is 1. The zero-order valence-electron chi connectivity index (χ0n) is 9.30. The van der Waals surface area contributed by atoms with Crippen LogP contribution in [0.3, 0.4) is 0 Å². The molecule has 0 bridgehead atoms. The average Bonchev–Trinajstić information content (AvgIpc) is 2.71. The fraction of sp³-hybridized carbons (Fsp3) is 0.909. The molecule has 0 radical (unpaired) electrons. The van der Waals surface area contributed by atoms with Crippen molar-refractivity contribution in [1.29, 1.82) is 0 Å². The number of nitrogens with zero attached hydrogens (tertiary/aromatic N) is 1. The molecule has 2 rings (SSSR count). The molecule has 0 spiro atoms. The van der Waals surface area contributed by atoms with Gasteiger partial charge in [-0.05, 0) is 32.2 Å². The average molecular weight is 211 g/mol. The van der Waals surface area contributed by atoms with Crippen molar-refractivity contribution in [3.05, 3.63) is 0 Å². The molecule has 1 atom stereocenters. The van der Waals surface area contributed by atoms with Crippen molar-refractivity contribution in [3.63, 3.8) is 0 Å². The van der Waals surface area contributed by atoms with E-state index in [1.807, 2.05) is 0 Å². The molecule has 4 nitrogen and oxygen atoms in total. The summed E-state index contributed by atoms with van der Waals surface area (Å²) in [6, 6.07) is 0.412. The van der Waals surface area contributed by atoms with Crippen LogP contribution in [0, 0.1) is 0 Å². The molecule has 1 unspecified atom stereocenters. The van der Waals surface area contributed by atoms with Crippen molar-refractivity contribution in [2.45, 2.75) is 44.6 Å². The number of nitrogens with one attached hydrogen (secondary N) is 2. The minimum Gasteiger partial charge on any atom is -0.313 e. The van der Waals surface area contributed by atoms with E-state index in [0.717, 1.165) is 26.1 Å². The van der Waals surface area contributed by atoms with Crippen LogP contribution in [0.5, 0.6) is 0 Å². The van der Waals surface area contributed by atoms with Crippen LogP contribution in [-0.4, -0.2) is 36.6 Å². The molecule has 0 saturated carbocycles. The van der Waals surface area contributed by atoms with E-state index in [1.54, 1.807) is 0 Å². The van der Waals surface area contributed by atoms with Gasteiger partial charge in [-0.3, -0.25) is 10.2 Å². The molecule has 2 fully saturated rings. The maximum absolute atomic E-state index is 11.7. The topological polar surface area (TPSA) is 44.4 Å². The smallest absolute Gasteiger partial charge is 0.235 e. The Kier molecular flexibility index (Phi) is 3.97. The third-order valence-electron chi connectivity index (χ3n) is 3.23. The van der Waals surface area contributed by atoms with Gasteiger partial charge >= 0.3 is 0 Å². The SMILES string of the molecule is O=C(CC1CCCN1)NN1CCCCC1. The first-order valence-corrected chi connectivity index (χ1v) is 6.12. The largest absolute Gasteiger partial charge is 0.313 e. The van der Waals surface area contributed by atoms with E-state index in [-0.39, 0.29) is 5.91 Å². The lowest BCUT2D eigenvalue weighted by Crippen LogP contribution is -2.46. The Labute approximate surface area is 91.4 Å². The summed E-state index contributed by atoms with van der Waals surface area (Å²) in [6.45, 7) is 3.11. The van der Waals surface area contributed by atoms with Crippen LogP contribution in [0.2, 0.25) is 0 Å². The Morgan fingerprint density at radius 3 is 2.73 bits per heavy atom. The normalized spacial score (nSPS) is 27.9. The Bertz CT molecular complexity index is 208. The highest BCUT2D eigenvalue weighted by atomic mass is 16.2. The zero-order valence-corrected chi connectivity index (χ0v) is 9.30. The molecule has 2 N–H and O–H groups in total. The molecular weight excluding hydrogens is 190 g/mol. The Morgan fingerprint density at radius 2 is 2.07 bits per heavy atom. The van der Waals surface area contributed by atoms with Crippen LogP contribution in [0.4, 0.5) is 0 Å². The Balaban J connectivity index is 1.66. The number of hydrogen-bond donors (Lipinski definition) is 2. The predicted octanol–water partition coefficient (Wildman–Crippen LogP) is 0.646. The van der Waals surface area contributed by atoms with Gasteiger partial charge in [0.15, 0.2) is 0 Å². The van der Waals surface area contributed by atoms with Crippen molar-refractivity contribution in [2.75, 3.05) is 19.6 Å². The second-order valence-corrected chi connectivity index (χ2v) is 4.58. The van der Waals surface area contributed by atoms with Gasteiger partial charge in [-0.25, -0.2) is 5.01 Å². The number of amides is 1. The van der Waals surface area contributed by atoms with E-state index in [9.17, 15) is 4.79 Å². The Morgan fingerprint density at radius 1 is 1.27 bits per heavy atom. The predicted molar refractivity (Wildman–Crippen MR) is 59.2 cm³/mol. The third-order valence-corrected chi connectivity index (χ3v) is 3.23. The van der Waals surface area contributed by atoms with Gasteiger partial charge in [0.05, 0.1) is 0 Å². The van der Waals surface area contributed by atoms with Crippen LogP contribution < -0.4 is 10.7 Å². The van der Waals surface area contributed by atoms with Gasteiger partial charge < -0.3 is 5.32 Å². The van der Waals surface area contributed by atoms with Crippen LogP contribution in [-0.2, 0) is 4.79 Å². The quantitative estimate of drug-likeness (QED) is 0.720. The summed E-state index contributed by atoms with van der Waals surface area (Å²) in [6.07, 6.45) is 6.71. The summed E-state index contributed by atoms with van der Waals surface area (Å²) < 4.78 is 0. The van der Waals surface area contributed by atoms with E-state index in [1.165, 1.54) is 25.7 Å². The van der Waals surface area contributed by atoms with Crippen LogP contribution >= 0.6 is 0 Å². The highest BCUT2D eigenvalue weighted by molar-refractivity contribution is 5.76. The third kappa shape index (κ3) is 3.47. The number of hydrogen-bond acceptors (Lipinski definition) is 3. The number of rotatable bonds is 3. The number of carbonyl (C=O) groups is 1. The van der Waals surface area contributed by atoms with Gasteiger partial charge in [0.25, 0.3) is 0 Å². The van der Waals surface area contributed by atoms with Gasteiger partial charge in [-0.1, -0.05) is 6.42 Å². The van der Waals surface area contributed by atoms with E-state index in [2.05, 4.69) is 15.8 Å². The summed E-state index contributed by atoms with van der Waals surface area (Å²) in [5.41, 5.74) is 3.00. The molecule has 2 saturated heterocycles. The molecule has 2 aliphatic heterocycles. The summed E-state index contributed by atoms with van der Waals surface area (Å²) in [5, 5.41) is 5.42. The highest BCUT2D eigenvalue weighted by Crippen LogP contribution is 2.09. The first-order valence-electron chi connectivity index (χ1n) is 6.12. The molecule has 4 heteroatoms. The monoisotopic (exact) mass is 211 g/mol. The van der Waals surface area contributed by atoms with Gasteiger partial charge in [-0.2, -0.15) is 0 Å². The molecule has 15 heavy (non-hydrogen) atoms. The second-order valence-electron chi connectivity index (χ2n) is 4.58. The van der Waals surface area contributed by atoms with Crippen LogP contribution in [0.1, 0.15) is 38.5 Å².